The topological polar surface area (TPSA) is 48.7 Å². The lowest BCUT2D eigenvalue weighted by Gasteiger charge is -2.29. The fraction of sp³-hybridized carbons (Fsp3) is 0.375. The summed E-state index contributed by atoms with van der Waals surface area (Å²) in [4.78, 5) is 4.59. The molecule has 19 heavy (non-hydrogen) atoms. The van der Waals surface area contributed by atoms with Gasteiger partial charge in [0.25, 0.3) is 0 Å². The molecule has 0 amide bonds. The second-order valence-electron chi connectivity index (χ2n) is 5.08. The molecule has 2 aromatic rings. The summed E-state index contributed by atoms with van der Waals surface area (Å²) in [5.41, 5.74) is 1.49. The van der Waals surface area contributed by atoms with Gasteiger partial charge in [-0.2, -0.15) is 5.26 Å². The van der Waals surface area contributed by atoms with E-state index in [0.717, 1.165) is 23.7 Å². The molecule has 0 aliphatic heterocycles. The maximum absolute atomic E-state index is 9.29. The molecule has 0 aliphatic rings. The molecule has 0 aliphatic carbocycles. The highest BCUT2D eigenvalue weighted by molar-refractivity contribution is 5.82. The lowest BCUT2D eigenvalue weighted by atomic mass is 9.95. The molecule has 98 valence electrons. The van der Waals surface area contributed by atoms with Crippen LogP contribution in [0, 0.1) is 11.3 Å². The number of rotatable bonds is 4. The van der Waals surface area contributed by atoms with Crippen molar-refractivity contribution in [3.63, 3.8) is 0 Å². The number of pyridine rings is 1. The molecule has 0 saturated heterocycles. The second kappa shape index (κ2) is 5.27. The Bertz CT molecular complexity index is 621. The van der Waals surface area contributed by atoms with Crippen molar-refractivity contribution in [3.05, 3.63) is 35.9 Å². The van der Waals surface area contributed by atoms with E-state index in [1.165, 1.54) is 0 Å². The smallest absolute Gasteiger partial charge is 0.145 e. The van der Waals surface area contributed by atoms with Gasteiger partial charge in [0.15, 0.2) is 0 Å². The molecule has 1 heterocycles. The van der Waals surface area contributed by atoms with Crippen LogP contribution in [0.2, 0.25) is 0 Å². The van der Waals surface area contributed by atoms with Gasteiger partial charge < -0.3 is 5.32 Å². The second-order valence-corrected chi connectivity index (χ2v) is 5.08. The first-order chi connectivity index (χ1) is 9.11. The molecule has 1 aromatic heterocycles. The third-order valence-electron chi connectivity index (χ3n) is 3.83. The number of fused-ring (bicyclic) bond motifs is 1. The number of nitrogens with one attached hydrogen (secondary N) is 1. The van der Waals surface area contributed by atoms with E-state index < -0.39 is 0 Å². The van der Waals surface area contributed by atoms with Gasteiger partial charge in [-0.15, -0.1) is 0 Å². The lowest BCUT2D eigenvalue weighted by Crippen LogP contribution is -2.33. The van der Waals surface area contributed by atoms with Crippen molar-refractivity contribution >= 4 is 16.7 Å². The molecular weight excluding hydrogens is 234 g/mol. The summed E-state index contributed by atoms with van der Waals surface area (Å²) < 4.78 is 0. The van der Waals surface area contributed by atoms with Crippen LogP contribution in [0.5, 0.6) is 0 Å². The Morgan fingerprint density at radius 3 is 2.58 bits per heavy atom. The SMILES string of the molecule is CCC(C)(CC)Nc1nc2ccccc2cc1C#N. The van der Waals surface area contributed by atoms with Crippen LogP contribution in [0.25, 0.3) is 10.9 Å². The van der Waals surface area contributed by atoms with Crippen molar-refractivity contribution in [1.82, 2.24) is 4.98 Å². The zero-order valence-corrected chi connectivity index (χ0v) is 11.7. The number of hydrogen-bond acceptors (Lipinski definition) is 3. The van der Waals surface area contributed by atoms with Gasteiger partial charge in [0.2, 0.25) is 0 Å². The number of nitrogens with zero attached hydrogens (tertiary/aromatic N) is 2. The minimum Gasteiger partial charge on any atom is -0.364 e. The van der Waals surface area contributed by atoms with Gasteiger partial charge in [-0.3, -0.25) is 0 Å². The number of aromatic nitrogens is 1. The number of anilines is 1. The fourth-order valence-electron chi connectivity index (χ4n) is 2.01. The maximum atomic E-state index is 9.29. The van der Waals surface area contributed by atoms with Gasteiger partial charge in [0, 0.05) is 10.9 Å². The third-order valence-corrected chi connectivity index (χ3v) is 3.83. The Balaban J connectivity index is 2.50. The van der Waals surface area contributed by atoms with E-state index in [1.54, 1.807) is 0 Å². The summed E-state index contributed by atoms with van der Waals surface area (Å²) in [7, 11) is 0. The van der Waals surface area contributed by atoms with E-state index in [4.69, 9.17) is 0 Å². The Labute approximate surface area is 114 Å². The van der Waals surface area contributed by atoms with Gasteiger partial charge in [0.05, 0.1) is 11.1 Å². The Morgan fingerprint density at radius 2 is 1.95 bits per heavy atom. The molecule has 2 rings (SSSR count). The van der Waals surface area contributed by atoms with Gasteiger partial charge in [-0.25, -0.2) is 4.98 Å². The molecule has 0 bridgehead atoms. The Hall–Kier alpha value is -2.08. The van der Waals surface area contributed by atoms with Crippen molar-refractivity contribution in [1.29, 1.82) is 5.26 Å². The highest BCUT2D eigenvalue weighted by Gasteiger charge is 2.21. The zero-order chi connectivity index (χ0) is 13.9. The van der Waals surface area contributed by atoms with Crippen LogP contribution >= 0.6 is 0 Å². The van der Waals surface area contributed by atoms with Crippen molar-refractivity contribution in [2.45, 2.75) is 39.2 Å². The summed E-state index contributed by atoms with van der Waals surface area (Å²) in [5, 5.41) is 13.7. The molecule has 0 saturated carbocycles. The van der Waals surface area contributed by atoms with Crippen molar-refractivity contribution < 1.29 is 0 Å². The Kier molecular flexibility index (Phi) is 3.71. The molecule has 0 radical (unpaired) electrons. The molecule has 0 spiro atoms. The van der Waals surface area contributed by atoms with Gasteiger partial charge in [0.1, 0.15) is 11.9 Å². The minimum absolute atomic E-state index is 0.0267. The zero-order valence-electron chi connectivity index (χ0n) is 11.7. The largest absolute Gasteiger partial charge is 0.364 e. The van der Waals surface area contributed by atoms with Crippen molar-refractivity contribution in [2.75, 3.05) is 5.32 Å². The van der Waals surface area contributed by atoms with E-state index in [-0.39, 0.29) is 5.54 Å². The van der Waals surface area contributed by atoms with E-state index in [9.17, 15) is 5.26 Å². The predicted molar refractivity (Wildman–Crippen MR) is 79.1 cm³/mol. The lowest BCUT2D eigenvalue weighted by molar-refractivity contribution is 0.477. The highest BCUT2D eigenvalue weighted by Crippen LogP contribution is 2.25. The van der Waals surface area contributed by atoms with Crippen molar-refractivity contribution in [3.8, 4) is 6.07 Å². The van der Waals surface area contributed by atoms with Gasteiger partial charge in [-0.05, 0) is 31.9 Å². The number of benzene rings is 1. The van der Waals surface area contributed by atoms with Crippen LogP contribution in [0.1, 0.15) is 39.2 Å². The monoisotopic (exact) mass is 253 g/mol. The summed E-state index contributed by atoms with van der Waals surface area (Å²) in [6, 6.07) is 12.0. The van der Waals surface area contributed by atoms with Gasteiger partial charge >= 0.3 is 0 Å². The molecule has 1 N–H and O–H groups in total. The van der Waals surface area contributed by atoms with E-state index in [0.29, 0.717) is 11.4 Å². The maximum Gasteiger partial charge on any atom is 0.145 e. The van der Waals surface area contributed by atoms with Crippen molar-refractivity contribution in [2.24, 2.45) is 0 Å². The van der Waals surface area contributed by atoms with Crippen LogP contribution in [0.3, 0.4) is 0 Å². The first-order valence-electron chi connectivity index (χ1n) is 6.70. The van der Waals surface area contributed by atoms with Crippen LogP contribution in [-0.2, 0) is 0 Å². The van der Waals surface area contributed by atoms with Crippen LogP contribution in [0.15, 0.2) is 30.3 Å². The molecule has 0 fully saturated rings. The number of para-hydroxylation sites is 1. The summed E-state index contributed by atoms with van der Waals surface area (Å²) in [6.45, 7) is 6.44. The molecule has 0 unspecified atom stereocenters. The Morgan fingerprint density at radius 1 is 1.26 bits per heavy atom. The number of hydrogen-bond donors (Lipinski definition) is 1. The fourth-order valence-corrected chi connectivity index (χ4v) is 2.01. The molecule has 3 heteroatoms. The van der Waals surface area contributed by atoms with Crippen LogP contribution < -0.4 is 5.32 Å². The number of nitriles is 1. The summed E-state index contributed by atoms with van der Waals surface area (Å²) in [5.74, 6) is 0.687. The highest BCUT2D eigenvalue weighted by atomic mass is 15.1. The average molecular weight is 253 g/mol. The normalized spacial score (nSPS) is 11.3. The molecule has 0 atom stereocenters. The average Bonchev–Trinajstić information content (AvgIpc) is 2.46. The third kappa shape index (κ3) is 2.68. The van der Waals surface area contributed by atoms with Crippen LogP contribution in [0.4, 0.5) is 5.82 Å². The van der Waals surface area contributed by atoms with Gasteiger partial charge in [-0.1, -0.05) is 32.0 Å². The molecule has 3 nitrogen and oxygen atoms in total. The molecule has 1 aromatic carbocycles. The standard InChI is InChI=1S/C16H19N3/c1-4-16(3,5-2)19-15-13(11-17)10-12-8-6-7-9-14(12)18-15/h6-10H,4-5H2,1-3H3,(H,18,19). The first kappa shape index (κ1) is 13.4. The summed E-state index contributed by atoms with van der Waals surface area (Å²) >= 11 is 0. The predicted octanol–water partition coefficient (Wildman–Crippen LogP) is 4.10. The first-order valence-corrected chi connectivity index (χ1v) is 6.70. The summed E-state index contributed by atoms with van der Waals surface area (Å²) in [6.07, 6.45) is 1.98. The van der Waals surface area contributed by atoms with Crippen LogP contribution in [-0.4, -0.2) is 10.5 Å². The van der Waals surface area contributed by atoms with E-state index >= 15 is 0 Å². The van der Waals surface area contributed by atoms with E-state index in [2.05, 4.69) is 37.1 Å². The molecular formula is C16H19N3. The van der Waals surface area contributed by atoms with E-state index in [1.807, 2.05) is 30.3 Å². The minimum atomic E-state index is -0.0267. The quantitative estimate of drug-likeness (QED) is 0.892.